The van der Waals surface area contributed by atoms with Crippen LogP contribution >= 0.6 is 8.03 Å². The maximum Gasteiger partial charge on any atom is 0.684 e. The van der Waals surface area contributed by atoms with Gasteiger partial charge in [-0.1, -0.05) is 12.1 Å². The first-order valence-corrected chi connectivity index (χ1v) is 5.43. The van der Waals surface area contributed by atoms with E-state index in [0.717, 1.165) is 25.3 Å². The zero-order valence-corrected chi connectivity index (χ0v) is 9.42. The second-order valence-electron chi connectivity index (χ2n) is 2.81. The lowest BCUT2D eigenvalue weighted by atomic mass is 10.2. The molecule has 0 saturated carbocycles. The van der Waals surface area contributed by atoms with E-state index < -0.39 is 31.2 Å². The quantitative estimate of drug-likeness (QED) is 0.785. The molecule has 1 unspecified atom stereocenters. The molecule has 1 aromatic rings. The molecular weight excluding hydrogens is 260 g/mol. The van der Waals surface area contributed by atoms with Gasteiger partial charge >= 0.3 is 19.9 Å². The minimum absolute atomic E-state index is 0.675. The topological polar surface area (TPSA) is 52.6 Å². The Bertz CT molecular complexity index is 444. The standard InChI is InChI=1S/C9H7F3O4P/c1-15-8(13)17(14)16-7-5-3-2-4-6(7)9(10,11)12/h2-5H,1H3/q+1. The van der Waals surface area contributed by atoms with Gasteiger partial charge in [0, 0.05) is 0 Å². The molecule has 1 aromatic carbocycles. The smallest absolute Gasteiger partial charge is 0.428 e. The summed E-state index contributed by atoms with van der Waals surface area (Å²) in [5.74, 6) is -0.675. The van der Waals surface area contributed by atoms with Crippen molar-refractivity contribution >= 4 is 13.7 Å². The highest BCUT2D eigenvalue weighted by molar-refractivity contribution is 7.58. The lowest BCUT2D eigenvalue weighted by molar-refractivity contribution is -0.138. The van der Waals surface area contributed by atoms with Gasteiger partial charge in [0.05, 0.1) is 7.11 Å². The van der Waals surface area contributed by atoms with Gasteiger partial charge in [0.25, 0.3) is 0 Å². The molecule has 0 aliphatic rings. The van der Waals surface area contributed by atoms with E-state index in [1.54, 1.807) is 0 Å². The first-order valence-electron chi connectivity index (χ1n) is 4.25. The second-order valence-corrected chi connectivity index (χ2v) is 3.87. The number of carbonyl (C=O) groups excluding carboxylic acids is 1. The molecule has 0 radical (unpaired) electrons. The average Bonchev–Trinajstić information content (AvgIpc) is 2.27. The van der Waals surface area contributed by atoms with Crippen LogP contribution in [0.15, 0.2) is 24.3 Å². The number of ether oxygens (including phenoxy) is 1. The Kier molecular flexibility index (Phi) is 4.07. The molecule has 1 rings (SSSR count). The zero-order chi connectivity index (χ0) is 13.1. The third kappa shape index (κ3) is 3.42. The molecule has 0 aliphatic carbocycles. The number of methoxy groups -OCH3 is 1. The van der Waals surface area contributed by atoms with Gasteiger partial charge in [-0.15, -0.1) is 0 Å². The molecule has 0 fully saturated rings. The highest BCUT2D eigenvalue weighted by atomic mass is 31.1. The SMILES string of the molecule is COC(=O)[P+](=O)Oc1ccccc1C(F)(F)F. The van der Waals surface area contributed by atoms with Crippen LogP contribution in [-0.2, 0) is 15.5 Å². The molecule has 0 saturated heterocycles. The lowest BCUT2D eigenvalue weighted by Gasteiger charge is -2.07. The van der Waals surface area contributed by atoms with E-state index in [1.807, 2.05) is 0 Å². The van der Waals surface area contributed by atoms with Crippen LogP contribution in [0, 0.1) is 0 Å². The number of halogens is 3. The Morgan fingerprint density at radius 3 is 2.41 bits per heavy atom. The molecule has 17 heavy (non-hydrogen) atoms. The third-order valence-corrected chi connectivity index (χ3v) is 2.54. The van der Waals surface area contributed by atoms with E-state index in [4.69, 9.17) is 0 Å². The van der Waals surface area contributed by atoms with Gasteiger partial charge in [0.2, 0.25) is 0 Å². The normalized spacial score (nSPS) is 11.9. The van der Waals surface area contributed by atoms with Crippen LogP contribution in [0.3, 0.4) is 0 Å². The summed E-state index contributed by atoms with van der Waals surface area (Å²) in [5.41, 5.74) is -2.33. The highest BCUT2D eigenvalue weighted by Gasteiger charge is 2.40. The van der Waals surface area contributed by atoms with Gasteiger partial charge in [-0.2, -0.15) is 18.0 Å². The largest absolute Gasteiger partial charge is 0.684 e. The molecule has 0 bridgehead atoms. The van der Waals surface area contributed by atoms with Crippen molar-refractivity contribution in [2.75, 3.05) is 7.11 Å². The van der Waals surface area contributed by atoms with E-state index in [-0.39, 0.29) is 0 Å². The fourth-order valence-electron chi connectivity index (χ4n) is 0.982. The molecule has 0 amide bonds. The van der Waals surface area contributed by atoms with E-state index >= 15 is 0 Å². The Balaban J connectivity index is 3.00. The predicted octanol–water partition coefficient (Wildman–Crippen LogP) is 3.59. The Morgan fingerprint density at radius 2 is 1.88 bits per heavy atom. The van der Waals surface area contributed by atoms with Crippen LogP contribution < -0.4 is 4.52 Å². The van der Waals surface area contributed by atoms with Crippen LogP contribution in [0.1, 0.15) is 5.56 Å². The average molecular weight is 267 g/mol. The van der Waals surface area contributed by atoms with Crippen LogP contribution in [0.4, 0.5) is 18.0 Å². The van der Waals surface area contributed by atoms with Crippen LogP contribution in [0.25, 0.3) is 0 Å². The number of hydrogen-bond acceptors (Lipinski definition) is 4. The van der Waals surface area contributed by atoms with Crippen molar-refractivity contribution in [1.29, 1.82) is 0 Å². The summed E-state index contributed by atoms with van der Waals surface area (Å²) in [6, 6.07) is 4.15. The molecule has 0 spiro atoms. The minimum atomic E-state index is -4.65. The molecule has 8 heteroatoms. The molecule has 0 N–H and O–H groups in total. The van der Waals surface area contributed by atoms with Crippen molar-refractivity contribution in [3.63, 3.8) is 0 Å². The second kappa shape index (κ2) is 5.14. The summed E-state index contributed by atoms with van der Waals surface area (Å²) in [7, 11) is -2.04. The van der Waals surface area contributed by atoms with Crippen molar-refractivity contribution in [3.05, 3.63) is 29.8 Å². The third-order valence-electron chi connectivity index (χ3n) is 1.70. The van der Waals surface area contributed by atoms with Crippen molar-refractivity contribution in [1.82, 2.24) is 0 Å². The molecule has 0 aliphatic heterocycles. The molecule has 4 nitrogen and oxygen atoms in total. The van der Waals surface area contributed by atoms with E-state index in [0.29, 0.717) is 0 Å². The van der Waals surface area contributed by atoms with Gasteiger partial charge in [-0.05, 0) is 16.7 Å². The van der Waals surface area contributed by atoms with Gasteiger partial charge in [0.1, 0.15) is 5.56 Å². The monoisotopic (exact) mass is 267 g/mol. The number of para-hydroxylation sites is 1. The summed E-state index contributed by atoms with van der Waals surface area (Å²) in [6.07, 6.45) is -4.65. The van der Waals surface area contributed by atoms with Crippen LogP contribution in [0.2, 0.25) is 0 Å². The first kappa shape index (κ1) is 13.4. The van der Waals surface area contributed by atoms with Crippen molar-refractivity contribution in [3.8, 4) is 5.75 Å². The van der Waals surface area contributed by atoms with Crippen LogP contribution in [-0.4, -0.2) is 12.8 Å². The molecule has 0 aromatic heterocycles. The highest BCUT2D eigenvalue weighted by Crippen LogP contribution is 2.39. The number of carbonyl (C=O) groups is 1. The summed E-state index contributed by atoms with van der Waals surface area (Å²) in [4.78, 5) is 10.8. The number of rotatable bonds is 3. The molecule has 0 heterocycles. The van der Waals surface area contributed by atoms with Gasteiger partial charge < -0.3 is 4.74 Å². The van der Waals surface area contributed by atoms with Gasteiger partial charge in [0.15, 0.2) is 5.75 Å². The molecular formula is C9H7F3O4P+. The van der Waals surface area contributed by atoms with Crippen LogP contribution in [0.5, 0.6) is 5.75 Å². The minimum Gasteiger partial charge on any atom is -0.428 e. The van der Waals surface area contributed by atoms with E-state index in [1.165, 1.54) is 6.07 Å². The predicted molar refractivity (Wildman–Crippen MR) is 52.1 cm³/mol. The van der Waals surface area contributed by atoms with Crippen molar-refractivity contribution in [2.24, 2.45) is 0 Å². The zero-order valence-electron chi connectivity index (χ0n) is 8.52. The van der Waals surface area contributed by atoms with Crippen molar-refractivity contribution in [2.45, 2.75) is 6.18 Å². The number of hydrogen-bond donors (Lipinski definition) is 0. The molecule has 1 atom stereocenters. The van der Waals surface area contributed by atoms with Crippen molar-refractivity contribution < 1.29 is 31.8 Å². The van der Waals surface area contributed by atoms with E-state index in [2.05, 4.69) is 9.26 Å². The fraction of sp³-hybridized carbons (Fsp3) is 0.222. The van der Waals surface area contributed by atoms with Gasteiger partial charge in [-0.25, -0.2) is 4.52 Å². The first-order chi connectivity index (χ1) is 7.86. The maximum absolute atomic E-state index is 12.5. The fourth-order valence-corrected chi connectivity index (χ4v) is 1.54. The Morgan fingerprint density at radius 1 is 1.29 bits per heavy atom. The molecule has 92 valence electrons. The Hall–Kier alpha value is -1.62. The maximum atomic E-state index is 12.5. The summed E-state index contributed by atoms with van der Waals surface area (Å²) >= 11 is 0. The Labute approximate surface area is 95.2 Å². The number of benzene rings is 1. The lowest BCUT2D eigenvalue weighted by Crippen LogP contribution is -2.07. The summed E-state index contributed by atoms with van der Waals surface area (Å²) in [6.45, 7) is 0. The van der Waals surface area contributed by atoms with E-state index in [9.17, 15) is 22.5 Å². The summed E-state index contributed by atoms with van der Waals surface area (Å²) in [5, 5.41) is 0. The van der Waals surface area contributed by atoms with Gasteiger partial charge in [-0.3, -0.25) is 0 Å². The number of alkyl halides is 3. The summed E-state index contributed by atoms with van der Waals surface area (Å²) < 4.78 is 57.1.